The van der Waals surface area contributed by atoms with Gasteiger partial charge in [-0.2, -0.15) is 0 Å². The predicted octanol–water partition coefficient (Wildman–Crippen LogP) is 3.06. The summed E-state index contributed by atoms with van der Waals surface area (Å²) in [5.41, 5.74) is 0.208. The molecule has 0 aromatic carbocycles. The van der Waals surface area contributed by atoms with Crippen molar-refractivity contribution >= 4 is 39.0 Å². The van der Waals surface area contributed by atoms with Crippen LogP contribution in [-0.2, 0) is 6.42 Å². The number of carbonyl (C=O) groups is 1. The molecule has 0 atom stereocenters. The van der Waals surface area contributed by atoms with E-state index in [9.17, 15) is 9.18 Å². The highest BCUT2D eigenvalue weighted by Crippen LogP contribution is 2.22. The molecular weight excluding hydrogens is 345 g/mol. The van der Waals surface area contributed by atoms with Gasteiger partial charge in [0, 0.05) is 18.5 Å². The van der Waals surface area contributed by atoms with Gasteiger partial charge in [-0.3, -0.25) is 4.79 Å². The van der Waals surface area contributed by atoms with Crippen molar-refractivity contribution in [1.29, 1.82) is 0 Å². The number of aromatic nitrogens is 1. The molecule has 2 heterocycles. The number of pyridine rings is 1. The fourth-order valence-corrected chi connectivity index (χ4v) is 3.17. The van der Waals surface area contributed by atoms with Crippen LogP contribution in [0.2, 0.25) is 0 Å². The van der Waals surface area contributed by atoms with Crippen molar-refractivity contribution in [2.75, 3.05) is 18.9 Å². The Labute approximate surface area is 128 Å². The van der Waals surface area contributed by atoms with Gasteiger partial charge in [0.1, 0.15) is 11.6 Å². The summed E-state index contributed by atoms with van der Waals surface area (Å²) in [5.74, 6) is -0.504. The molecule has 2 N–H and O–H groups in total. The van der Waals surface area contributed by atoms with Crippen LogP contribution in [0.4, 0.5) is 10.2 Å². The maximum absolute atomic E-state index is 13.2. The summed E-state index contributed by atoms with van der Waals surface area (Å²) in [6.45, 7) is 0.492. The summed E-state index contributed by atoms with van der Waals surface area (Å²) in [7, 11) is 1.64. The van der Waals surface area contributed by atoms with Crippen LogP contribution < -0.4 is 10.6 Å². The lowest BCUT2D eigenvalue weighted by Gasteiger charge is -2.08. The Hall–Kier alpha value is -1.47. The van der Waals surface area contributed by atoms with Gasteiger partial charge < -0.3 is 10.6 Å². The van der Waals surface area contributed by atoms with Crippen molar-refractivity contribution in [2.24, 2.45) is 0 Å². The minimum Gasteiger partial charge on any atom is -0.372 e. The first-order valence-electron chi connectivity index (χ1n) is 5.96. The van der Waals surface area contributed by atoms with E-state index in [4.69, 9.17) is 0 Å². The molecule has 2 aromatic heterocycles. The highest BCUT2D eigenvalue weighted by Gasteiger charge is 2.12. The zero-order valence-corrected chi connectivity index (χ0v) is 13.1. The molecule has 0 aliphatic rings. The third-order valence-electron chi connectivity index (χ3n) is 2.62. The lowest BCUT2D eigenvalue weighted by Crippen LogP contribution is -2.26. The zero-order valence-electron chi connectivity index (χ0n) is 10.7. The van der Waals surface area contributed by atoms with Crippen molar-refractivity contribution in [3.05, 3.63) is 44.4 Å². The molecule has 0 spiro atoms. The van der Waals surface area contributed by atoms with Gasteiger partial charge in [0.25, 0.3) is 5.91 Å². The molecular formula is C13H13BrFN3OS. The van der Waals surface area contributed by atoms with E-state index in [1.54, 1.807) is 18.4 Å². The van der Waals surface area contributed by atoms with E-state index in [0.717, 1.165) is 16.4 Å². The van der Waals surface area contributed by atoms with Gasteiger partial charge in [0.2, 0.25) is 0 Å². The van der Waals surface area contributed by atoms with Gasteiger partial charge >= 0.3 is 0 Å². The second-order valence-electron chi connectivity index (χ2n) is 4.01. The Kier molecular flexibility index (Phi) is 5.08. The van der Waals surface area contributed by atoms with E-state index in [0.29, 0.717) is 12.4 Å². The molecule has 2 aromatic rings. The number of amides is 1. The second kappa shape index (κ2) is 6.81. The molecule has 0 aliphatic heterocycles. The largest absolute Gasteiger partial charge is 0.372 e. The average Bonchev–Trinajstić information content (AvgIpc) is 2.84. The topological polar surface area (TPSA) is 54.0 Å². The summed E-state index contributed by atoms with van der Waals surface area (Å²) < 4.78 is 14.2. The molecule has 0 aliphatic carbocycles. The molecule has 0 saturated carbocycles. The maximum Gasteiger partial charge on any atom is 0.255 e. The molecule has 7 heteroatoms. The number of nitrogens with zero attached hydrogens (tertiary/aromatic N) is 1. The first-order valence-corrected chi connectivity index (χ1v) is 7.57. The molecule has 0 radical (unpaired) electrons. The summed E-state index contributed by atoms with van der Waals surface area (Å²) in [6.07, 6.45) is 1.81. The van der Waals surface area contributed by atoms with Gasteiger partial charge in [-0.1, -0.05) is 0 Å². The van der Waals surface area contributed by atoms with Crippen LogP contribution in [0.5, 0.6) is 0 Å². The predicted molar refractivity (Wildman–Crippen MR) is 81.8 cm³/mol. The Balaban J connectivity index is 1.96. The molecule has 106 valence electrons. The molecule has 4 nitrogen and oxygen atoms in total. The fraction of sp³-hybridized carbons (Fsp3) is 0.231. The highest BCUT2D eigenvalue weighted by atomic mass is 79.9. The minimum atomic E-state index is -0.531. The summed E-state index contributed by atoms with van der Waals surface area (Å²) in [5, 5.41) is 5.54. The number of thiophene rings is 1. The SMILES string of the molecule is CNc1ncc(F)cc1C(=O)NCCc1ccc(Br)s1. The van der Waals surface area contributed by atoms with Crippen LogP contribution in [-0.4, -0.2) is 24.5 Å². The maximum atomic E-state index is 13.2. The van der Waals surface area contributed by atoms with Crippen LogP contribution in [0.3, 0.4) is 0 Å². The van der Waals surface area contributed by atoms with Gasteiger partial charge in [-0.15, -0.1) is 11.3 Å². The van der Waals surface area contributed by atoms with E-state index < -0.39 is 5.82 Å². The number of nitrogens with one attached hydrogen (secondary N) is 2. The van der Waals surface area contributed by atoms with Crippen LogP contribution >= 0.6 is 27.3 Å². The third-order valence-corrected chi connectivity index (χ3v) is 4.30. The zero-order chi connectivity index (χ0) is 14.5. The van der Waals surface area contributed by atoms with E-state index >= 15 is 0 Å². The number of hydrogen-bond donors (Lipinski definition) is 2. The van der Waals surface area contributed by atoms with Crippen molar-refractivity contribution < 1.29 is 9.18 Å². The van der Waals surface area contributed by atoms with Crippen molar-refractivity contribution in [3.63, 3.8) is 0 Å². The molecule has 1 amide bonds. The van der Waals surface area contributed by atoms with Crippen LogP contribution in [0.1, 0.15) is 15.2 Å². The lowest BCUT2D eigenvalue weighted by molar-refractivity contribution is 0.0954. The normalized spacial score (nSPS) is 10.3. The van der Waals surface area contributed by atoms with E-state index in [1.165, 1.54) is 10.9 Å². The van der Waals surface area contributed by atoms with Crippen LogP contribution in [0.15, 0.2) is 28.2 Å². The summed E-state index contributed by atoms with van der Waals surface area (Å²) in [6, 6.07) is 5.15. The first-order chi connectivity index (χ1) is 9.60. The number of carbonyl (C=O) groups excluding carboxylic acids is 1. The van der Waals surface area contributed by atoms with E-state index in [-0.39, 0.29) is 11.5 Å². The van der Waals surface area contributed by atoms with Gasteiger partial charge in [-0.25, -0.2) is 9.37 Å². The Morgan fingerprint density at radius 2 is 2.30 bits per heavy atom. The molecule has 0 bridgehead atoms. The molecule has 0 saturated heterocycles. The Morgan fingerprint density at radius 1 is 1.50 bits per heavy atom. The molecule has 0 unspecified atom stereocenters. The Bertz CT molecular complexity index is 617. The van der Waals surface area contributed by atoms with E-state index in [1.807, 2.05) is 12.1 Å². The second-order valence-corrected chi connectivity index (χ2v) is 6.56. The molecule has 20 heavy (non-hydrogen) atoms. The standard InChI is InChI=1S/C13H13BrFN3OS/c1-16-12-10(6-8(15)7-18-12)13(19)17-5-4-9-2-3-11(14)20-9/h2-3,6-7H,4-5H2,1H3,(H,16,18)(H,17,19). The van der Waals surface area contributed by atoms with Gasteiger partial charge in [-0.05, 0) is 40.5 Å². The summed E-state index contributed by atoms with van der Waals surface area (Å²) in [4.78, 5) is 17.0. The van der Waals surface area contributed by atoms with E-state index in [2.05, 4.69) is 31.5 Å². The van der Waals surface area contributed by atoms with Crippen molar-refractivity contribution in [2.45, 2.75) is 6.42 Å². The van der Waals surface area contributed by atoms with Gasteiger partial charge in [0.15, 0.2) is 0 Å². The van der Waals surface area contributed by atoms with Crippen molar-refractivity contribution in [3.8, 4) is 0 Å². The van der Waals surface area contributed by atoms with Crippen LogP contribution in [0, 0.1) is 5.82 Å². The smallest absolute Gasteiger partial charge is 0.255 e. The lowest BCUT2D eigenvalue weighted by atomic mass is 10.2. The quantitative estimate of drug-likeness (QED) is 0.864. The highest BCUT2D eigenvalue weighted by molar-refractivity contribution is 9.11. The molecule has 0 fully saturated rings. The Morgan fingerprint density at radius 3 is 2.95 bits per heavy atom. The number of hydrogen-bond acceptors (Lipinski definition) is 4. The molecule has 2 rings (SSSR count). The number of rotatable bonds is 5. The minimum absolute atomic E-state index is 0.208. The van der Waals surface area contributed by atoms with Gasteiger partial charge in [0.05, 0.1) is 15.5 Å². The summed E-state index contributed by atoms with van der Waals surface area (Å²) >= 11 is 5.02. The van der Waals surface area contributed by atoms with Crippen molar-refractivity contribution in [1.82, 2.24) is 10.3 Å². The number of anilines is 1. The fourth-order valence-electron chi connectivity index (χ4n) is 1.69. The van der Waals surface area contributed by atoms with Crippen LogP contribution in [0.25, 0.3) is 0 Å². The number of halogens is 2. The third kappa shape index (κ3) is 3.77. The first kappa shape index (κ1) is 14.9. The average molecular weight is 358 g/mol. The monoisotopic (exact) mass is 357 g/mol.